The summed E-state index contributed by atoms with van der Waals surface area (Å²) in [6.07, 6.45) is 1.48. The van der Waals surface area contributed by atoms with Crippen LogP contribution in [-0.2, 0) is 11.3 Å². The van der Waals surface area contributed by atoms with Crippen molar-refractivity contribution in [1.82, 2.24) is 5.32 Å². The van der Waals surface area contributed by atoms with Crippen LogP contribution in [0.3, 0.4) is 0 Å². The number of rotatable bonds is 7. The second kappa shape index (κ2) is 9.35. The maximum absolute atomic E-state index is 12.7. The fourth-order valence-corrected chi connectivity index (χ4v) is 2.74. The number of esters is 1. The van der Waals surface area contributed by atoms with Crippen molar-refractivity contribution in [2.24, 2.45) is 0 Å². The molecular weight excluding hydrogens is 406 g/mol. The van der Waals surface area contributed by atoms with Gasteiger partial charge in [0.1, 0.15) is 5.76 Å². The lowest BCUT2D eigenvalue weighted by Gasteiger charge is -2.11. The first-order valence-electron chi connectivity index (χ1n) is 8.98. The number of ether oxygens (including phenoxy) is 1. The Morgan fingerprint density at radius 3 is 2.45 bits per heavy atom. The number of benzene rings is 2. The number of amides is 2. The highest BCUT2D eigenvalue weighted by Gasteiger charge is 2.20. The van der Waals surface area contributed by atoms with Crippen LogP contribution in [-0.4, -0.2) is 29.8 Å². The largest absolute Gasteiger partial charge is 0.467 e. The van der Waals surface area contributed by atoms with Gasteiger partial charge in [0.05, 0.1) is 41.7 Å². The average molecular weight is 423 g/mol. The molecule has 0 spiro atoms. The highest BCUT2D eigenvalue weighted by molar-refractivity contribution is 6.10. The molecule has 0 unspecified atom stereocenters. The van der Waals surface area contributed by atoms with E-state index in [0.717, 1.165) is 19.2 Å². The SMILES string of the molecule is COC(=O)c1cc(C(=O)Nc2ccccc2C(=O)NCc2ccco2)cc([N+](=O)[O-])c1. The Morgan fingerprint density at radius 1 is 1.03 bits per heavy atom. The van der Waals surface area contributed by atoms with Crippen molar-refractivity contribution in [3.63, 3.8) is 0 Å². The lowest BCUT2D eigenvalue weighted by molar-refractivity contribution is -0.384. The molecule has 31 heavy (non-hydrogen) atoms. The molecule has 1 aromatic heterocycles. The van der Waals surface area contributed by atoms with Gasteiger partial charge >= 0.3 is 5.97 Å². The van der Waals surface area contributed by atoms with E-state index in [1.54, 1.807) is 24.3 Å². The summed E-state index contributed by atoms with van der Waals surface area (Å²) in [4.78, 5) is 47.5. The number of carbonyl (C=O) groups is 3. The smallest absolute Gasteiger partial charge is 0.338 e. The molecule has 2 amide bonds. The number of hydrogen-bond acceptors (Lipinski definition) is 7. The molecule has 0 atom stereocenters. The van der Waals surface area contributed by atoms with Gasteiger partial charge in [-0.05, 0) is 30.3 Å². The standard InChI is InChI=1S/C21H17N3O7/c1-30-21(27)14-9-13(10-15(11-14)24(28)29)19(25)23-18-7-3-2-6-17(18)20(26)22-12-16-5-4-8-31-16/h2-11H,12H2,1H3,(H,22,26)(H,23,25). The number of non-ortho nitro benzene ring substituents is 1. The maximum Gasteiger partial charge on any atom is 0.338 e. The molecule has 0 aliphatic carbocycles. The summed E-state index contributed by atoms with van der Waals surface area (Å²) in [7, 11) is 1.12. The fraction of sp³-hybridized carbons (Fsp3) is 0.0952. The van der Waals surface area contributed by atoms with Crippen LogP contribution in [0, 0.1) is 10.1 Å². The quantitative estimate of drug-likeness (QED) is 0.338. The molecule has 3 aromatic rings. The number of nitrogens with zero attached hydrogens (tertiary/aromatic N) is 1. The van der Waals surface area contributed by atoms with Gasteiger partial charge in [-0.3, -0.25) is 19.7 Å². The molecule has 1 heterocycles. The third-order valence-corrected chi connectivity index (χ3v) is 4.24. The predicted octanol–water partition coefficient (Wildman–Crippen LogP) is 3.16. The molecule has 0 aliphatic rings. The van der Waals surface area contributed by atoms with Crippen molar-refractivity contribution in [1.29, 1.82) is 0 Å². The first-order valence-corrected chi connectivity index (χ1v) is 8.98. The molecule has 0 aliphatic heterocycles. The van der Waals surface area contributed by atoms with Gasteiger partial charge in [-0.2, -0.15) is 0 Å². The van der Waals surface area contributed by atoms with Gasteiger partial charge in [-0.25, -0.2) is 4.79 Å². The van der Waals surface area contributed by atoms with Crippen LogP contribution in [0.1, 0.15) is 36.8 Å². The number of carbonyl (C=O) groups excluding carboxylic acids is 3. The van der Waals surface area contributed by atoms with Crippen molar-refractivity contribution in [2.75, 3.05) is 12.4 Å². The topological polar surface area (TPSA) is 141 Å². The number of anilines is 1. The minimum Gasteiger partial charge on any atom is -0.467 e. The summed E-state index contributed by atoms with van der Waals surface area (Å²) in [5.41, 5.74) is -0.360. The van der Waals surface area contributed by atoms with Crippen LogP contribution in [0.4, 0.5) is 11.4 Å². The first kappa shape index (κ1) is 21.2. The minimum atomic E-state index is -0.824. The summed E-state index contributed by atoms with van der Waals surface area (Å²) < 4.78 is 9.74. The lowest BCUT2D eigenvalue weighted by atomic mass is 10.1. The van der Waals surface area contributed by atoms with Gasteiger partial charge in [-0.15, -0.1) is 0 Å². The van der Waals surface area contributed by atoms with E-state index in [-0.39, 0.29) is 28.9 Å². The van der Waals surface area contributed by atoms with E-state index in [4.69, 9.17) is 4.42 Å². The average Bonchev–Trinajstić information content (AvgIpc) is 3.30. The van der Waals surface area contributed by atoms with E-state index in [9.17, 15) is 24.5 Å². The normalized spacial score (nSPS) is 10.2. The summed E-state index contributed by atoms with van der Waals surface area (Å²) in [5.74, 6) is -1.46. The highest BCUT2D eigenvalue weighted by atomic mass is 16.6. The Morgan fingerprint density at radius 2 is 1.77 bits per heavy atom. The zero-order valence-corrected chi connectivity index (χ0v) is 16.3. The Kier molecular flexibility index (Phi) is 6.41. The molecule has 2 aromatic carbocycles. The number of nitro benzene ring substituents is 1. The Labute approximate surface area is 176 Å². The Hall–Kier alpha value is -4.47. The molecule has 0 radical (unpaired) electrons. The molecule has 10 nitrogen and oxygen atoms in total. The monoisotopic (exact) mass is 423 g/mol. The van der Waals surface area contributed by atoms with E-state index < -0.39 is 28.4 Å². The number of methoxy groups -OCH3 is 1. The van der Waals surface area contributed by atoms with E-state index >= 15 is 0 Å². The maximum atomic E-state index is 12.7. The van der Waals surface area contributed by atoms with Crippen molar-refractivity contribution < 1.29 is 28.5 Å². The highest BCUT2D eigenvalue weighted by Crippen LogP contribution is 2.21. The van der Waals surface area contributed by atoms with Gasteiger partial charge in [-0.1, -0.05) is 12.1 Å². The van der Waals surface area contributed by atoms with Gasteiger partial charge in [0.25, 0.3) is 17.5 Å². The van der Waals surface area contributed by atoms with Crippen LogP contribution in [0.5, 0.6) is 0 Å². The summed E-state index contributed by atoms with van der Waals surface area (Å²) in [5, 5.41) is 16.4. The van der Waals surface area contributed by atoms with Crippen LogP contribution in [0.25, 0.3) is 0 Å². The van der Waals surface area contributed by atoms with E-state index in [1.807, 2.05) is 0 Å². The number of nitrogens with one attached hydrogen (secondary N) is 2. The fourth-order valence-electron chi connectivity index (χ4n) is 2.74. The van der Waals surface area contributed by atoms with Crippen molar-refractivity contribution in [2.45, 2.75) is 6.54 Å². The van der Waals surface area contributed by atoms with Crippen molar-refractivity contribution >= 4 is 29.2 Å². The van der Waals surface area contributed by atoms with E-state index in [0.29, 0.717) is 5.76 Å². The number of nitro groups is 1. The zero-order chi connectivity index (χ0) is 22.4. The second-order valence-electron chi connectivity index (χ2n) is 6.28. The summed E-state index contributed by atoms with van der Waals surface area (Å²) >= 11 is 0. The number of para-hydroxylation sites is 1. The molecule has 158 valence electrons. The third kappa shape index (κ3) is 5.12. The van der Waals surface area contributed by atoms with Crippen LogP contribution in [0.2, 0.25) is 0 Å². The van der Waals surface area contributed by atoms with Crippen LogP contribution >= 0.6 is 0 Å². The van der Waals surface area contributed by atoms with E-state index in [1.165, 1.54) is 24.5 Å². The van der Waals surface area contributed by atoms with E-state index in [2.05, 4.69) is 15.4 Å². The van der Waals surface area contributed by atoms with Crippen molar-refractivity contribution in [3.05, 3.63) is 93.4 Å². The molecule has 0 saturated carbocycles. The van der Waals surface area contributed by atoms with Crippen LogP contribution < -0.4 is 10.6 Å². The van der Waals surface area contributed by atoms with Gasteiger partial charge in [0, 0.05) is 17.7 Å². The summed E-state index contributed by atoms with van der Waals surface area (Å²) in [6.45, 7) is 0.154. The lowest BCUT2D eigenvalue weighted by Crippen LogP contribution is -2.24. The number of hydrogen-bond donors (Lipinski definition) is 2. The number of furan rings is 1. The van der Waals surface area contributed by atoms with Crippen LogP contribution in [0.15, 0.2) is 65.3 Å². The van der Waals surface area contributed by atoms with Gasteiger partial charge in [0.2, 0.25) is 0 Å². The second-order valence-corrected chi connectivity index (χ2v) is 6.28. The predicted molar refractivity (Wildman–Crippen MR) is 109 cm³/mol. The molecule has 0 saturated heterocycles. The minimum absolute atomic E-state index is 0.139. The van der Waals surface area contributed by atoms with Gasteiger partial charge < -0.3 is 19.8 Å². The summed E-state index contributed by atoms with van der Waals surface area (Å²) in [6, 6.07) is 12.9. The molecular formula is C21H17N3O7. The Bertz CT molecular complexity index is 1140. The molecule has 3 rings (SSSR count). The zero-order valence-electron chi connectivity index (χ0n) is 16.3. The molecule has 0 fully saturated rings. The molecule has 10 heteroatoms. The van der Waals surface area contributed by atoms with Gasteiger partial charge in [0.15, 0.2) is 0 Å². The first-order chi connectivity index (χ1) is 14.9. The third-order valence-electron chi connectivity index (χ3n) is 4.24. The molecule has 0 bridgehead atoms. The Balaban J connectivity index is 1.83. The molecule has 2 N–H and O–H groups in total. The van der Waals surface area contributed by atoms with Crippen molar-refractivity contribution in [3.8, 4) is 0 Å².